The zero-order chi connectivity index (χ0) is 15.6. The van der Waals surface area contributed by atoms with E-state index in [4.69, 9.17) is 0 Å². The van der Waals surface area contributed by atoms with Gasteiger partial charge in [0, 0.05) is 24.4 Å². The molecule has 2 aliphatic rings. The van der Waals surface area contributed by atoms with Crippen LogP contribution in [0.4, 0.5) is 0 Å². The van der Waals surface area contributed by atoms with E-state index < -0.39 is 11.4 Å². The number of carbonyl (C=O) groups is 2. The molecule has 1 saturated heterocycles. The largest absolute Gasteiger partial charge is 0.481 e. The lowest BCUT2D eigenvalue weighted by Gasteiger charge is -2.40. The normalized spacial score (nSPS) is 25.2. The van der Waals surface area contributed by atoms with E-state index in [0.717, 1.165) is 32.1 Å². The summed E-state index contributed by atoms with van der Waals surface area (Å²) in [6, 6.07) is 4.04. The number of likely N-dealkylation sites (tertiary alicyclic amines) is 1. The van der Waals surface area contributed by atoms with Gasteiger partial charge in [-0.2, -0.15) is 0 Å². The topological polar surface area (TPSA) is 57.6 Å². The van der Waals surface area contributed by atoms with Crippen LogP contribution < -0.4 is 0 Å². The van der Waals surface area contributed by atoms with Gasteiger partial charge in [-0.25, -0.2) is 0 Å². The minimum Gasteiger partial charge on any atom is -0.481 e. The summed E-state index contributed by atoms with van der Waals surface area (Å²) in [5.74, 6) is -0.0399. The lowest BCUT2D eigenvalue weighted by molar-refractivity contribution is -0.156. The van der Waals surface area contributed by atoms with Gasteiger partial charge in [0.2, 0.25) is 5.91 Å². The molecule has 1 aromatic heterocycles. The van der Waals surface area contributed by atoms with E-state index in [1.165, 1.54) is 4.88 Å². The molecule has 0 radical (unpaired) electrons. The molecule has 1 atom stereocenters. The van der Waals surface area contributed by atoms with Gasteiger partial charge in [0.25, 0.3) is 0 Å². The molecule has 4 nitrogen and oxygen atoms in total. The van der Waals surface area contributed by atoms with Crippen molar-refractivity contribution in [1.29, 1.82) is 0 Å². The van der Waals surface area contributed by atoms with Gasteiger partial charge in [-0.05, 0) is 43.0 Å². The van der Waals surface area contributed by atoms with E-state index in [0.29, 0.717) is 31.8 Å². The highest BCUT2D eigenvalue weighted by molar-refractivity contribution is 7.09. The Labute approximate surface area is 135 Å². The van der Waals surface area contributed by atoms with Gasteiger partial charge in [0.15, 0.2) is 0 Å². The first-order valence-corrected chi connectivity index (χ1v) is 9.01. The molecule has 0 spiro atoms. The van der Waals surface area contributed by atoms with Crippen LogP contribution >= 0.6 is 11.3 Å². The van der Waals surface area contributed by atoms with Crippen molar-refractivity contribution in [3.8, 4) is 0 Å². The summed E-state index contributed by atoms with van der Waals surface area (Å²) in [6.07, 6.45) is 5.83. The maximum absolute atomic E-state index is 12.4. The molecule has 3 rings (SSSR count). The molecule has 0 aromatic carbocycles. The van der Waals surface area contributed by atoms with Crippen LogP contribution in [-0.2, 0) is 16.0 Å². The molecule has 1 aliphatic carbocycles. The quantitative estimate of drug-likeness (QED) is 0.875. The van der Waals surface area contributed by atoms with Crippen molar-refractivity contribution in [3.05, 3.63) is 22.4 Å². The molecule has 2 heterocycles. The molecule has 0 unspecified atom stereocenters. The Bertz CT molecular complexity index is 538. The Balaban J connectivity index is 1.60. The number of piperidine rings is 1. The van der Waals surface area contributed by atoms with Crippen molar-refractivity contribution in [2.75, 3.05) is 13.1 Å². The van der Waals surface area contributed by atoms with Crippen LogP contribution in [0.1, 0.15) is 43.4 Å². The highest BCUT2D eigenvalue weighted by Crippen LogP contribution is 2.45. The monoisotopic (exact) mass is 321 g/mol. The van der Waals surface area contributed by atoms with Gasteiger partial charge in [-0.15, -0.1) is 11.3 Å². The Morgan fingerprint density at radius 1 is 1.41 bits per heavy atom. The first-order chi connectivity index (χ1) is 10.6. The first-order valence-electron chi connectivity index (χ1n) is 8.13. The third kappa shape index (κ3) is 3.51. The summed E-state index contributed by atoms with van der Waals surface area (Å²) >= 11 is 1.67. The number of rotatable bonds is 6. The van der Waals surface area contributed by atoms with Gasteiger partial charge in [-0.3, -0.25) is 9.59 Å². The number of carboxylic acids is 1. The van der Waals surface area contributed by atoms with Crippen LogP contribution in [0.3, 0.4) is 0 Å². The molecule has 1 amide bonds. The predicted octanol–water partition coefficient (Wildman–Crippen LogP) is 3.17. The molecular formula is C17H23NO3S. The fourth-order valence-corrected chi connectivity index (χ4v) is 4.20. The summed E-state index contributed by atoms with van der Waals surface area (Å²) in [5.41, 5.74) is -0.696. The molecule has 2 fully saturated rings. The smallest absolute Gasteiger partial charge is 0.311 e. The fourth-order valence-electron chi connectivity index (χ4n) is 3.49. The molecule has 1 saturated carbocycles. The second kappa shape index (κ2) is 6.41. The van der Waals surface area contributed by atoms with E-state index in [1.54, 1.807) is 16.2 Å². The van der Waals surface area contributed by atoms with Crippen LogP contribution in [0.25, 0.3) is 0 Å². The zero-order valence-corrected chi connectivity index (χ0v) is 13.6. The number of amides is 1. The third-order valence-electron chi connectivity index (χ3n) is 4.92. The Kier molecular flexibility index (Phi) is 4.52. The number of aliphatic carboxylic acids is 1. The highest BCUT2D eigenvalue weighted by atomic mass is 32.1. The van der Waals surface area contributed by atoms with Crippen LogP contribution in [0, 0.1) is 11.3 Å². The third-order valence-corrected chi connectivity index (χ3v) is 5.86. The van der Waals surface area contributed by atoms with E-state index >= 15 is 0 Å². The average Bonchev–Trinajstić information content (AvgIpc) is 3.16. The lowest BCUT2D eigenvalue weighted by atomic mass is 9.75. The Hall–Kier alpha value is -1.36. The number of nitrogens with zero attached hydrogens (tertiary/aromatic N) is 1. The molecule has 1 aromatic rings. The maximum atomic E-state index is 12.4. The van der Waals surface area contributed by atoms with Crippen LogP contribution in [0.5, 0.6) is 0 Å². The van der Waals surface area contributed by atoms with Crippen molar-refractivity contribution in [3.63, 3.8) is 0 Å². The summed E-state index contributed by atoms with van der Waals surface area (Å²) in [4.78, 5) is 27.3. The average molecular weight is 321 g/mol. The zero-order valence-electron chi connectivity index (χ0n) is 12.8. The van der Waals surface area contributed by atoms with Crippen molar-refractivity contribution in [2.24, 2.45) is 11.3 Å². The maximum Gasteiger partial charge on any atom is 0.311 e. The predicted molar refractivity (Wildman–Crippen MR) is 85.9 cm³/mol. The summed E-state index contributed by atoms with van der Waals surface area (Å²) < 4.78 is 0. The first kappa shape index (κ1) is 15.5. The second-order valence-corrected chi connectivity index (χ2v) is 7.76. The van der Waals surface area contributed by atoms with E-state index in [2.05, 4.69) is 0 Å². The number of aryl methyl sites for hydroxylation is 1. The minimum absolute atomic E-state index is 0.106. The van der Waals surface area contributed by atoms with E-state index in [9.17, 15) is 14.7 Å². The van der Waals surface area contributed by atoms with Crippen LogP contribution in [-0.4, -0.2) is 35.0 Å². The molecule has 5 heteroatoms. The Morgan fingerprint density at radius 3 is 2.86 bits per heavy atom. The van der Waals surface area contributed by atoms with Crippen molar-refractivity contribution >= 4 is 23.2 Å². The van der Waals surface area contributed by atoms with Gasteiger partial charge in [-0.1, -0.05) is 18.9 Å². The molecular weight excluding hydrogens is 298 g/mol. The van der Waals surface area contributed by atoms with E-state index in [-0.39, 0.29) is 5.91 Å². The van der Waals surface area contributed by atoms with Gasteiger partial charge < -0.3 is 10.0 Å². The SMILES string of the molecule is O=C(CCc1cccs1)N1CCC[C@@](CC2CC2)(C(=O)O)C1. The number of carboxylic acid groups (broad SMARTS) is 1. The number of hydrogen-bond donors (Lipinski definition) is 1. The summed E-state index contributed by atoms with van der Waals surface area (Å²) in [5, 5.41) is 11.7. The molecule has 22 heavy (non-hydrogen) atoms. The minimum atomic E-state index is -0.713. The molecule has 0 bridgehead atoms. The number of hydrogen-bond acceptors (Lipinski definition) is 3. The van der Waals surface area contributed by atoms with Gasteiger partial charge in [0.05, 0.1) is 5.41 Å². The fraction of sp³-hybridized carbons (Fsp3) is 0.647. The molecule has 1 aliphatic heterocycles. The van der Waals surface area contributed by atoms with Crippen molar-refractivity contribution in [1.82, 2.24) is 4.90 Å². The number of thiophene rings is 1. The van der Waals surface area contributed by atoms with E-state index in [1.807, 2.05) is 17.5 Å². The standard InChI is InChI=1S/C17H23NO3S/c19-15(7-6-14-3-1-10-22-14)18-9-2-8-17(12-18,16(20)21)11-13-4-5-13/h1,3,10,13H,2,4-9,11-12H2,(H,20,21)/t17-/m0/s1. The Morgan fingerprint density at radius 2 is 2.23 bits per heavy atom. The molecule has 1 N–H and O–H groups in total. The summed E-state index contributed by atoms with van der Waals surface area (Å²) in [6.45, 7) is 1.12. The van der Waals surface area contributed by atoms with Crippen LogP contribution in [0.15, 0.2) is 17.5 Å². The van der Waals surface area contributed by atoms with Crippen LogP contribution in [0.2, 0.25) is 0 Å². The van der Waals surface area contributed by atoms with Crippen molar-refractivity contribution < 1.29 is 14.7 Å². The number of carbonyl (C=O) groups excluding carboxylic acids is 1. The van der Waals surface area contributed by atoms with Crippen molar-refractivity contribution in [2.45, 2.75) is 44.9 Å². The second-order valence-electron chi connectivity index (χ2n) is 6.73. The van der Waals surface area contributed by atoms with Gasteiger partial charge in [0.1, 0.15) is 0 Å². The lowest BCUT2D eigenvalue weighted by Crippen LogP contribution is -2.50. The highest BCUT2D eigenvalue weighted by Gasteiger charge is 2.46. The molecule has 120 valence electrons. The van der Waals surface area contributed by atoms with Gasteiger partial charge >= 0.3 is 5.97 Å². The summed E-state index contributed by atoms with van der Waals surface area (Å²) in [7, 11) is 0.